The number of fused-ring (bicyclic) bond motifs is 1. The first-order chi connectivity index (χ1) is 8.56. The van der Waals surface area contributed by atoms with E-state index in [0.29, 0.717) is 27.6 Å². The normalized spacial score (nSPS) is 11.3. The number of halogens is 2. The largest absolute Gasteiger partial charge is 0.389 e. The summed E-state index contributed by atoms with van der Waals surface area (Å²) in [5, 5.41) is 0.493. The molecule has 0 saturated carbocycles. The van der Waals surface area contributed by atoms with Crippen LogP contribution in [0, 0.1) is 18.6 Å². The second kappa shape index (κ2) is 3.74. The smallest absolute Gasteiger partial charge is 0.153 e. The maximum Gasteiger partial charge on any atom is 0.153 e. The molecule has 7 heteroatoms. The van der Waals surface area contributed by atoms with Gasteiger partial charge in [-0.2, -0.15) is 4.37 Å². The summed E-state index contributed by atoms with van der Waals surface area (Å²) in [7, 11) is 0. The SMILES string of the molecule is Cc1nsc(N)c1-c1nc2c(F)cc(F)cc2[nH]1. The summed E-state index contributed by atoms with van der Waals surface area (Å²) in [6, 6.07) is 2.00. The Kier molecular flexibility index (Phi) is 2.30. The first-order valence-electron chi connectivity index (χ1n) is 5.13. The summed E-state index contributed by atoms with van der Waals surface area (Å²) in [5.74, 6) is -0.950. The lowest BCUT2D eigenvalue weighted by Crippen LogP contribution is -1.87. The Bertz CT molecular complexity index is 727. The monoisotopic (exact) mass is 266 g/mol. The highest BCUT2D eigenvalue weighted by Gasteiger charge is 2.16. The van der Waals surface area contributed by atoms with Crippen molar-refractivity contribution in [3.63, 3.8) is 0 Å². The zero-order valence-corrected chi connectivity index (χ0v) is 10.1. The van der Waals surface area contributed by atoms with Crippen molar-refractivity contribution >= 4 is 27.6 Å². The van der Waals surface area contributed by atoms with Crippen LogP contribution in [0.5, 0.6) is 0 Å². The van der Waals surface area contributed by atoms with Crippen molar-refractivity contribution in [1.82, 2.24) is 14.3 Å². The number of rotatable bonds is 1. The van der Waals surface area contributed by atoms with E-state index in [9.17, 15) is 8.78 Å². The van der Waals surface area contributed by atoms with E-state index in [1.54, 1.807) is 6.92 Å². The molecule has 0 fully saturated rings. The number of anilines is 1. The number of imidazole rings is 1. The minimum absolute atomic E-state index is 0.0939. The van der Waals surface area contributed by atoms with Gasteiger partial charge in [0.05, 0.1) is 16.8 Å². The Labute approximate surface area is 105 Å². The Morgan fingerprint density at radius 1 is 1.33 bits per heavy atom. The van der Waals surface area contributed by atoms with E-state index in [-0.39, 0.29) is 5.52 Å². The van der Waals surface area contributed by atoms with Gasteiger partial charge in [0.1, 0.15) is 22.2 Å². The quantitative estimate of drug-likeness (QED) is 0.711. The molecule has 0 amide bonds. The van der Waals surface area contributed by atoms with E-state index in [1.165, 1.54) is 6.07 Å². The molecule has 92 valence electrons. The van der Waals surface area contributed by atoms with Crippen LogP contribution in [0.15, 0.2) is 12.1 Å². The van der Waals surface area contributed by atoms with Gasteiger partial charge in [-0.05, 0) is 24.5 Å². The number of H-pyrrole nitrogens is 1. The number of aryl methyl sites for hydroxylation is 1. The van der Waals surface area contributed by atoms with Gasteiger partial charge in [-0.1, -0.05) is 0 Å². The fourth-order valence-electron chi connectivity index (χ4n) is 1.84. The molecule has 2 aromatic heterocycles. The molecule has 0 radical (unpaired) electrons. The molecular weight excluding hydrogens is 258 g/mol. The third-order valence-corrected chi connectivity index (χ3v) is 3.40. The number of benzene rings is 1. The Morgan fingerprint density at radius 2 is 2.11 bits per heavy atom. The molecule has 0 bridgehead atoms. The lowest BCUT2D eigenvalue weighted by Gasteiger charge is -1.94. The first kappa shape index (κ1) is 11.1. The second-order valence-corrected chi connectivity index (χ2v) is 4.68. The molecule has 0 aliphatic rings. The molecule has 2 heterocycles. The summed E-state index contributed by atoms with van der Waals surface area (Å²) in [4.78, 5) is 6.96. The maximum absolute atomic E-state index is 13.5. The van der Waals surface area contributed by atoms with E-state index >= 15 is 0 Å². The average molecular weight is 266 g/mol. The number of aromatic nitrogens is 3. The highest BCUT2D eigenvalue weighted by molar-refractivity contribution is 7.10. The van der Waals surface area contributed by atoms with E-state index in [1.807, 2.05) is 0 Å². The van der Waals surface area contributed by atoms with Crippen molar-refractivity contribution in [3.05, 3.63) is 29.5 Å². The zero-order valence-electron chi connectivity index (χ0n) is 9.29. The van der Waals surface area contributed by atoms with Crippen LogP contribution < -0.4 is 5.73 Å². The minimum Gasteiger partial charge on any atom is -0.389 e. The van der Waals surface area contributed by atoms with Crippen molar-refractivity contribution in [2.24, 2.45) is 0 Å². The number of nitrogens with one attached hydrogen (secondary N) is 1. The molecule has 0 atom stereocenters. The standard InChI is InChI=1S/C11H8F2N4S/c1-4-8(10(14)18-17-4)11-15-7-3-5(12)2-6(13)9(7)16-11/h2-3H,14H2,1H3,(H,15,16). The Morgan fingerprint density at radius 3 is 2.78 bits per heavy atom. The van der Waals surface area contributed by atoms with Crippen molar-refractivity contribution in [1.29, 1.82) is 0 Å². The molecule has 0 aliphatic carbocycles. The van der Waals surface area contributed by atoms with Crippen LogP contribution >= 0.6 is 11.5 Å². The molecule has 18 heavy (non-hydrogen) atoms. The molecule has 3 rings (SSSR count). The first-order valence-corrected chi connectivity index (χ1v) is 5.90. The predicted octanol–water partition coefficient (Wildman–Crippen LogP) is 2.86. The van der Waals surface area contributed by atoms with E-state index in [2.05, 4.69) is 14.3 Å². The number of aromatic amines is 1. The van der Waals surface area contributed by atoms with Crippen LogP contribution in [0.1, 0.15) is 5.69 Å². The van der Waals surface area contributed by atoms with E-state index in [0.717, 1.165) is 17.6 Å². The highest BCUT2D eigenvalue weighted by atomic mass is 32.1. The highest BCUT2D eigenvalue weighted by Crippen LogP contribution is 2.32. The van der Waals surface area contributed by atoms with Gasteiger partial charge >= 0.3 is 0 Å². The van der Waals surface area contributed by atoms with Crippen molar-refractivity contribution in [3.8, 4) is 11.4 Å². The summed E-state index contributed by atoms with van der Waals surface area (Å²) >= 11 is 1.14. The number of nitrogen functional groups attached to an aromatic ring is 1. The van der Waals surface area contributed by atoms with Crippen LogP contribution in [0.3, 0.4) is 0 Å². The van der Waals surface area contributed by atoms with Gasteiger partial charge in [-0.3, -0.25) is 0 Å². The molecule has 3 aromatic rings. The third-order valence-electron chi connectivity index (χ3n) is 2.63. The lowest BCUT2D eigenvalue weighted by atomic mass is 10.2. The van der Waals surface area contributed by atoms with Crippen LogP contribution in [0.4, 0.5) is 13.8 Å². The molecule has 4 nitrogen and oxygen atoms in total. The van der Waals surface area contributed by atoms with Crippen molar-refractivity contribution < 1.29 is 8.78 Å². The van der Waals surface area contributed by atoms with E-state index < -0.39 is 11.6 Å². The lowest BCUT2D eigenvalue weighted by molar-refractivity contribution is 0.591. The molecule has 0 unspecified atom stereocenters. The average Bonchev–Trinajstić information content (AvgIpc) is 2.82. The molecule has 0 spiro atoms. The summed E-state index contributed by atoms with van der Waals surface area (Å²) < 4.78 is 30.7. The Balaban J connectivity index is 2.29. The maximum atomic E-state index is 13.5. The second-order valence-electron chi connectivity index (χ2n) is 3.88. The molecule has 3 N–H and O–H groups in total. The number of nitrogens with zero attached hydrogens (tertiary/aromatic N) is 2. The van der Waals surface area contributed by atoms with Gasteiger partial charge in [-0.25, -0.2) is 13.8 Å². The topological polar surface area (TPSA) is 67.6 Å². The fraction of sp³-hybridized carbons (Fsp3) is 0.0909. The van der Waals surface area contributed by atoms with Crippen LogP contribution in [-0.2, 0) is 0 Å². The minimum atomic E-state index is -0.702. The third kappa shape index (κ3) is 1.55. The molecular formula is C11H8F2N4S. The molecule has 0 saturated heterocycles. The fourth-order valence-corrected chi connectivity index (χ4v) is 2.50. The summed E-state index contributed by atoms with van der Waals surface area (Å²) in [6.45, 7) is 1.78. The van der Waals surface area contributed by atoms with Gasteiger partial charge in [0.15, 0.2) is 5.82 Å². The van der Waals surface area contributed by atoms with Gasteiger partial charge in [-0.15, -0.1) is 0 Å². The Hall–Kier alpha value is -2.02. The predicted molar refractivity (Wildman–Crippen MR) is 66.3 cm³/mol. The van der Waals surface area contributed by atoms with Crippen LogP contribution in [0.25, 0.3) is 22.4 Å². The summed E-state index contributed by atoms with van der Waals surface area (Å²) in [5.41, 5.74) is 7.53. The summed E-state index contributed by atoms with van der Waals surface area (Å²) in [6.07, 6.45) is 0. The van der Waals surface area contributed by atoms with Crippen molar-refractivity contribution in [2.45, 2.75) is 6.92 Å². The molecule has 1 aromatic carbocycles. The van der Waals surface area contributed by atoms with Gasteiger partial charge in [0.2, 0.25) is 0 Å². The van der Waals surface area contributed by atoms with Crippen molar-refractivity contribution in [2.75, 3.05) is 5.73 Å². The van der Waals surface area contributed by atoms with Crippen LogP contribution in [0.2, 0.25) is 0 Å². The molecule has 0 aliphatic heterocycles. The van der Waals surface area contributed by atoms with Gasteiger partial charge < -0.3 is 10.7 Å². The number of hydrogen-bond acceptors (Lipinski definition) is 4. The van der Waals surface area contributed by atoms with Crippen LogP contribution in [-0.4, -0.2) is 14.3 Å². The number of nitrogens with two attached hydrogens (primary N) is 1. The van der Waals surface area contributed by atoms with Gasteiger partial charge in [0.25, 0.3) is 0 Å². The zero-order chi connectivity index (χ0) is 12.9. The number of hydrogen-bond donors (Lipinski definition) is 2. The van der Waals surface area contributed by atoms with E-state index in [4.69, 9.17) is 5.73 Å². The van der Waals surface area contributed by atoms with Gasteiger partial charge in [0, 0.05) is 6.07 Å².